The molecule has 2 aliphatic rings. The van der Waals surface area contributed by atoms with Crippen LogP contribution in [0.3, 0.4) is 0 Å². The van der Waals surface area contributed by atoms with Crippen molar-refractivity contribution in [2.45, 2.75) is 12.3 Å². The molecule has 8 nitrogen and oxygen atoms in total. The highest BCUT2D eigenvalue weighted by Gasteiger charge is 2.39. The van der Waals surface area contributed by atoms with Gasteiger partial charge < -0.3 is 20.0 Å². The van der Waals surface area contributed by atoms with Crippen LogP contribution >= 0.6 is 22.7 Å². The van der Waals surface area contributed by atoms with Gasteiger partial charge in [-0.3, -0.25) is 4.98 Å². The van der Waals surface area contributed by atoms with Gasteiger partial charge in [0.25, 0.3) is 5.92 Å². The molecule has 3 aromatic heterocycles. The summed E-state index contributed by atoms with van der Waals surface area (Å²) in [4.78, 5) is 26.1. The Morgan fingerprint density at radius 3 is 2.43 bits per heavy atom. The van der Waals surface area contributed by atoms with Crippen LogP contribution in [0.1, 0.15) is 6.42 Å². The van der Waals surface area contributed by atoms with Gasteiger partial charge in [-0.1, -0.05) is 11.3 Å². The Bertz CT molecular complexity index is 1350. The number of anilines is 4. The van der Waals surface area contributed by atoms with Crippen molar-refractivity contribution in [3.63, 3.8) is 0 Å². The Kier molecular flexibility index (Phi) is 6.47. The maximum atomic E-state index is 13.8. The van der Waals surface area contributed by atoms with Crippen LogP contribution in [0.15, 0.2) is 48.4 Å². The molecule has 1 aromatic carbocycles. The Balaban J connectivity index is 1.25. The molecule has 0 saturated carbocycles. The van der Waals surface area contributed by atoms with E-state index in [1.165, 1.54) is 28.4 Å². The van der Waals surface area contributed by atoms with Crippen LogP contribution in [0, 0.1) is 0 Å². The monoisotopic (exact) mass is 540 g/mol. The number of hydrogen-bond donors (Lipinski definition) is 1. The van der Waals surface area contributed by atoms with Gasteiger partial charge in [0.15, 0.2) is 5.13 Å². The second-order valence-electron chi connectivity index (χ2n) is 9.32. The average molecular weight is 541 g/mol. The molecule has 4 aromatic rings. The molecular weight excluding hydrogens is 514 g/mol. The Hall–Kier alpha value is -3.22. The molecule has 0 atom stereocenters. The van der Waals surface area contributed by atoms with Crippen molar-refractivity contribution in [3.8, 4) is 21.0 Å². The number of thiazole rings is 2. The van der Waals surface area contributed by atoms with Gasteiger partial charge in [-0.25, -0.2) is 23.7 Å². The van der Waals surface area contributed by atoms with Crippen molar-refractivity contribution in [3.05, 3.63) is 48.4 Å². The maximum absolute atomic E-state index is 13.8. The lowest BCUT2D eigenvalue weighted by atomic mass is 10.2. The van der Waals surface area contributed by atoms with E-state index >= 15 is 0 Å². The third-order valence-electron chi connectivity index (χ3n) is 6.65. The summed E-state index contributed by atoms with van der Waals surface area (Å²) in [6.07, 6.45) is 5.11. The van der Waals surface area contributed by atoms with E-state index in [4.69, 9.17) is 4.98 Å². The highest BCUT2D eigenvalue weighted by Crippen LogP contribution is 2.40. The third-order valence-corrected chi connectivity index (χ3v) is 8.52. The number of likely N-dealkylation sites (N-methyl/N-ethyl adjacent to an activating group) is 1. The quantitative estimate of drug-likeness (QED) is 0.364. The predicted octanol–water partition coefficient (Wildman–Crippen LogP) is 5.06. The van der Waals surface area contributed by atoms with E-state index in [0.29, 0.717) is 23.3 Å². The van der Waals surface area contributed by atoms with Gasteiger partial charge in [0.05, 0.1) is 27.5 Å². The zero-order valence-corrected chi connectivity index (χ0v) is 21.9. The van der Waals surface area contributed by atoms with Crippen molar-refractivity contribution in [1.29, 1.82) is 0 Å². The number of alkyl halides is 2. The van der Waals surface area contributed by atoms with Crippen LogP contribution in [0.2, 0.25) is 0 Å². The fourth-order valence-corrected chi connectivity index (χ4v) is 6.11. The Morgan fingerprint density at radius 2 is 1.73 bits per heavy atom. The van der Waals surface area contributed by atoms with Gasteiger partial charge >= 0.3 is 0 Å². The van der Waals surface area contributed by atoms with Crippen LogP contribution in [-0.2, 0) is 0 Å². The number of nitrogens with one attached hydrogen (secondary N) is 1. The first-order valence-electron chi connectivity index (χ1n) is 12.1. The fraction of sp³-hybridized carbons (Fsp3) is 0.360. The first-order chi connectivity index (χ1) is 17.9. The molecule has 1 N–H and O–H groups in total. The first kappa shape index (κ1) is 24.1. The Labute approximate surface area is 221 Å². The van der Waals surface area contributed by atoms with E-state index in [2.05, 4.69) is 49.2 Å². The molecule has 5 heterocycles. The molecule has 0 aliphatic carbocycles. The summed E-state index contributed by atoms with van der Waals surface area (Å²) >= 11 is 2.86. The predicted molar refractivity (Wildman–Crippen MR) is 145 cm³/mol. The number of nitrogens with zero attached hydrogens (tertiary/aromatic N) is 7. The minimum atomic E-state index is -2.68. The maximum Gasteiger partial charge on any atom is 0.267 e. The molecule has 2 aliphatic heterocycles. The molecule has 2 fully saturated rings. The smallest absolute Gasteiger partial charge is 0.267 e. The highest BCUT2D eigenvalue weighted by atomic mass is 32.1. The second-order valence-corrected chi connectivity index (χ2v) is 11.2. The lowest BCUT2D eigenvalue weighted by Gasteiger charge is -2.34. The standard InChI is InChI=1S/C25H26F2N8S2/c1-33-8-10-34(11-9-33)18-4-2-17(3-5-18)31-23-29-12-19(20-13-28-16-36-20)22(32-23)21-14-30-24(37-21)35-7-6-25(26,27)15-35/h2-5,12-14,16H,6-11,15H2,1H3,(H,29,31,32). The largest absolute Gasteiger partial charge is 0.369 e. The van der Waals surface area contributed by atoms with Crippen LogP contribution in [0.5, 0.6) is 0 Å². The number of piperazine rings is 1. The zero-order chi connectivity index (χ0) is 25.4. The van der Waals surface area contributed by atoms with Crippen molar-refractivity contribution in [2.75, 3.05) is 61.4 Å². The molecule has 0 amide bonds. The van der Waals surface area contributed by atoms with Crippen molar-refractivity contribution in [2.24, 2.45) is 0 Å². The minimum absolute atomic E-state index is 0.150. The summed E-state index contributed by atoms with van der Waals surface area (Å²) in [6.45, 7) is 4.14. The number of hydrogen-bond acceptors (Lipinski definition) is 10. The number of rotatable bonds is 6. The van der Waals surface area contributed by atoms with Gasteiger partial charge in [-0.05, 0) is 31.3 Å². The number of aromatic nitrogens is 4. The van der Waals surface area contributed by atoms with Gasteiger partial charge in [0.1, 0.15) is 0 Å². The van der Waals surface area contributed by atoms with Crippen molar-refractivity contribution in [1.82, 2.24) is 24.8 Å². The van der Waals surface area contributed by atoms with Gasteiger partial charge in [-0.2, -0.15) is 0 Å². The first-order valence-corrected chi connectivity index (χ1v) is 13.8. The summed E-state index contributed by atoms with van der Waals surface area (Å²) in [5, 5.41) is 3.89. The molecular formula is C25H26F2N8S2. The molecule has 0 spiro atoms. The molecule has 192 valence electrons. The van der Waals surface area contributed by atoms with Crippen molar-refractivity contribution < 1.29 is 8.78 Å². The summed E-state index contributed by atoms with van der Waals surface area (Å²) in [7, 11) is 2.15. The van der Waals surface area contributed by atoms with E-state index in [9.17, 15) is 8.78 Å². The molecule has 0 unspecified atom stereocenters. The molecule has 0 radical (unpaired) electrons. The summed E-state index contributed by atoms with van der Waals surface area (Å²) in [5.74, 6) is -2.22. The molecule has 37 heavy (non-hydrogen) atoms. The average Bonchev–Trinajstić information content (AvgIpc) is 3.66. The zero-order valence-electron chi connectivity index (χ0n) is 20.3. The summed E-state index contributed by atoms with van der Waals surface area (Å²) in [6, 6.07) is 8.29. The summed E-state index contributed by atoms with van der Waals surface area (Å²) < 4.78 is 27.5. The minimum Gasteiger partial charge on any atom is -0.369 e. The highest BCUT2D eigenvalue weighted by molar-refractivity contribution is 7.19. The number of halogens is 2. The van der Waals surface area contributed by atoms with E-state index in [1.54, 1.807) is 29.0 Å². The topological polar surface area (TPSA) is 73.3 Å². The molecule has 12 heteroatoms. The van der Waals surface area contributed by atoms with Gasteiger partial charge in [0.2, 0.25) is 5.95 Å². The van der Waals surface area contributed by atoms with Gasteiger partial charge in [0, 0.05) is 74.7 Å². The van der Waals surface area contributed by atoms with Crippen LogP contribution in [-0.4, -0.2) is 77.1 Å². The molecule has 0 bridgehead atoms. The van der Waals surface area contributed by atoms with E-state index in [-0.39, 0.29) is 13.0 Å². The second kappa shape index (κ2) is 9.92. The summed E-state index contributed by atoms with van der Waals surface area (Å²) in [5.41, 5.74) is 5.38. The van der Waals surface area contributed by atoms with Crippen molar-refractivity contribution >= 4 is 45.1 Å². The number of benzene rings is 1. The van der Waals surface area contributed by atoms with Gasteiger partial charge in [-0.15, -0.1) is 11.3 Å². The Morgan fingerprint density at radius 1 is 0.919 bits per heavy atom. The lowest BCUT2D eigenvalue weighted by molar-refractivity contribution is 0.0257. The fourth-order valence-electron chi connectivity index (χ4n) is 4.53. The van der Waals surface area contributed by atoms with Crippen LogP contribution < -0.4 is 15.1 Å². The normalized spacial score (nSPS) is 17.9. The van der Waals surface area contributed by atoms with E-state index in [1.807, 2.05) is 12.1 Å². The molecule has 6 rings (SSSR count). The van der Waals surface area contributed by atoms with Crippen LogP contribution in [0.4, 0.5) is 31.2 Å². The SMILES string of the molecule is CN1CCN(c2ccc(Nc3ncc(-c4cncs4)c(-c4cnc(N5CCC(F)(F)C5)s4)n3)cc2)CC1. The van der Waals surface area contributed by atoms with E-state index < -0.39 is 5.92 Å². The third kappa shape index (κ3) is 5.27. The van der Waals surface area contributed by atoms with Crippen LogP contribution in [0.25, 0.3) is 21.0 Å². The molecule has 2 saturated heterocycles. The van der Waals surface area contributed by atoms with E-state index in [0.717, 1.165) is 47.2 Å². The lowest BCUT2D eigenvalue weighted by Crippen LogP contribution is -2.44.